The van der Waals surface area contributed by atoms with Gasteiger partial charge in [0.2, 0.25) is 0 Å². The maximum atomic E-state index is 12.6. The third-order valence-electron chi connectivity index (χ3n) is 3.85. The molecule has 3 aromatic rings. The Morgan fingerprint density at radius 3 is 2.40 bits per heavy atom. The molecule has 0 bridgehead atoms. The minimum atomic E-state index is -5.49. The molecule has 0 atom stereocenters. The van der Waals surface area contributed by atoms with Gasteiger partial charge in [0.1, 0.15) is 12.4 Å². The van der Waals surface area contributed by atoms with E-state index in [4.69, 9.17) is 5.26 Å². The van der Waals surface area contributed by atoms with Gasteiger partial charge in [-0.25, -0.2) is 18.4 Å². The second-order valence-electron chi connectivity index (χ2n) is 5.76. The fourth-order valence-corrected chi connectivity index (χ4v) is 3.10. The molecule has 9 nitrogen and oxygen atoms in total. The lowest BCUT2D eigenvalue weighted by Crippen LogP contribution is -2.25. The highest BCUT2D eigenvalue weighted by atomic mass is 32.2. The van der Waals surface area contributed by atoms with Crippen molar-refractivity contribution >= 4 is 15.7 Å². The number of benzene rings is 1. The summed E-state index contributed by atoms with van der Waals surface area (Å²) in [5, 5.41) is 15.3. The van der Waals surface area contributed by atoms with Gasteiger partial charge in [-0.1, -0.05) is 0 Å². The van der Waals surface area contributed by atoms with Crippen LogP contribution in [-0.2, 0) is 16.4 Å². The van der Waals surface area contributed by atoms with Crippen molar-refractivity contribution < 1.29 is 26.4 Å². The molecule has 154 valence electrons. The summed E-state index contributed by atoms with van der Waals surface area (Å²) in [4.78, 5) is 19.3. The van der Waals surface area contributed by atoms with Gasteiger partial charge in [-0.15, -0.1) is 0 Å². The van der Waals surface area contributed by atoms with E-state index >= 15 is 0 Å². The Morgan fingerprint density at radius 2 is 1.83 bits per heavy atom. The molecule has 0 aliphatic heterocycles. The minimum Gasteiger partial charge on any atom is -0.345 e. The Balaban J connectivity index is 1.71. The van der Waals surface area contributed by atoms with Crippen molar-refractivity contribution in [3.05, 3.63) is 65.9 Å². The van der Waals surface area contributed by atoms with Crippen LogP contribution >= 0.6 is 0 Å². The van der Waals surface area contributed by atoms with E-state index in [1.807, 2.05) is 6.07 Å². The summed E-state index contributed by atoms with van der Waals surface area (Å²) in [7, 11) is -5.49. The van der Waals surface area contributed by atoms with Crippen molar-refractivity contribution in [2.75, 3.05) is 0 Å². The van der Waals surface area contributed by atoms with Crippen molar-refractivity contribution in [1.82, 2.24) is 25.1 Å². The average Bonchev–Trinajstić information content (AvgIpc) is 3.20. The molecule has 2 heterocycles. The number of nitrogens with one attached hydrogen (secondary N) is 1. The second-order valence-corrected chi connectivity index (χ2v) is 7.70. The topological polar surface area (TPSA) is 131 Å². The third kappa shape index (κ3) is 4.13. The van der Waals surface area contributed by atoms with Crippen molar-refractivity contribution in [3.63, 3.8) is 0 Å². The smallest absolute Gasteiger partial charge is 0.345 e. The third-order valence-corrected chi connectivity index (χ3v) is 5.35. The Hall–Kier alpha value is -3.79. The Labute approximate surface area is 167 Å². The van der Waals surface area contributed by atoms with E-state index in [2.05, 4.69) is 20.4 Å². The molecule has 2 aromatic heterocycles. The number of alkyl halides is 3. The first-order chi connectivity index (χ1) is 14.1. The van der Waals surface area contributed by atoms with Crippen LogP contribution in [0.4, 0.5) is 13.2 Å². The number of nitriles is 1. The molecule has 1 amide bonds. The molecule has 0 spiro atoms. The Bertz CT molecular complexity index is 1210. The van der Waals surface area contributed by atoms with Gasteiger partial charge in [0, 0.05) is 11.8 Å². The quantitative estimate of drug-likeness (QED) is 0.645. The van der Waals surface area contributed by atoms with Gasteiger partial charge < -0.3 is 5.32 Å². The first-order valence-corrected chi connectivity index (χ1v) is 9.57. The highest BCUT2D eigenvalue weighted by molar-refractivity contribution is 7.92. The normalized spacial score (nSPS) is 11.7. The molecule has 0 saturated carbocycles. The number of rotatable bonds is 5. The molecule has 0 saturated heterocycles. The zero-order valence-corrected chi connectivity index (χ0v) is 15.6. The zero-order valence-electron chi connectivity index (χ0n) is 14.8. The molecular formula is C17H11F3N6O3S. The van der Waals surface area contributed by atoms with Crippen molar-refractivity contribution in [1.29, 1.82) is 5.26 Å². The van der Waals surface area contributed by atoms with E-state index in [0.29, 0.717) is 29.3 Å². The van der Waals surface area contributed by atoms with Gasteiger partial charge in [-0.3, -0.25) is 4.79 Å². The van der Waals surface area contributed by atoms with Gasteiger partial charge in [0.15, 0.2) is 11.6 Å². The molecule has 30 heavy (non-hydrogen) atoms. The molecule has 0 aliphatic rings. The fraction of sp³-hybridized carbons (Fsp3) is 0.118. The van der Waals surface area contributed by atoms with Crippen molar-refractivity contribution in [2.24, 2.45) is 0 Å². The summed E-state index contributed by atoms with van der Waals surface area (Å²) < 4.78 is 61.8. The molecule has 0 fully saturated rings. The summed E-state index contributed by atoms with van der Waals surface area (Å²) in [5.74, 6) is 0.00239. The molecule has 0 radical (unpaired) electrons. The number of amides is 1. The molecule has 0 aliphatic carbocycles. The highest BCUT2D eigenvalue weighted by Crippen LogP contribution is 2.30. The van der Waals surface area contributed by atoms with Crippen LogP contribution in [0.1, 0.15) is 21.7 Å². The van der Waals surface area contributed by atoms with Crippen molar-refractivity contribution in [3.8, 4) is 11.9 Å². The van der Waals surface area contributed by atoms with Crippen LogP contribution in [0.25, 0.3) is 5.82 Å². The van der Waals surface area contributed by atoms with Crippen LogP contribution in [-0.4, -0.2) is 39.6 Å². The zero-order chi connectivity index (χ0) is 21.9. The van der Waals surface area contributed by atoms with E-state index in [9.17, 15) is 26.4 Å². The van der Waals surface area contributed by atoms with E-state index in [-0.39, 0.29) is 12.1 Å². The minimum absolute atomic E-state index is 0.0429. The number of carbonyl (C=O) groups is 1. The van der Waals surface area contributed by atoms with Gasteiger partial charge >= 0.3 is 5.51 Å². The van der Waals surface area contributed by atoms with E-state index in [1.54, 1.807) is 6.07 Å². The molecule has 1 N–H and O–H groups in total. The number of aromatic nitrogens is 4. The van der Waals surface area contributed by atoms with Crippen molar-refractivity contribution in [2.45, 2.75) is 16.9 Å². The standard InChI is InChI=1S/C17H11F3N6O3S/c18-17(19,20)30(28,29)13-4-2-12(3-5-13)16(27)23-9-15-24-10-25-26(15)14-6-1-11(7-21)8-22-14/h1-6,8,10H,9H2,(H,23,27). The summed E-state index contributed by atoms with van der Waals surface area (Å²) >= 11 is 0. The molecule has 3 rings (SSSR count). The van der Waals surface area contributed by atoms with Crippen LogP contribution in [0, 0.1) is 11.3 Å². The first-order valence-electron chi connectivity index (χ1n) is 8.08. The summed E-state index contributed by atoms with van der Waals surface area (Å²) in [6.45, 7) is -0.0941. The molecule has 0 unspecified atom stereocenters. The summed E-state index contributed by atoms with van der Waals surface area (Å²) in [6, 6.07) is 8.36. The van der Waals surface area contributed by atoms with Crippen LogP contribution < -0.4 is 5.32 Å². The number of sulfone groups is 1. The van der Waals surface area contributed by atoms with E-state index in [1.165, 1.54) is 23.3 Å². The summed E-state index contributed by atoms with van der Waals surface area (Å²) in [6.07, 6.45) is 2.58. The lowest BCUT2D eigenvalue weighted by atomic mass is 10.2. The van der Waals surface area contributed by atoms with Gasteiger partial charge in [0.25, 0.3) is 15.7 Å². The number of carbonyl (C=O) groups excluding carboxylic acids is 1. The fourth-order valence-electron chi connectivity index (χ4n) is 2.34. The van der Waals surface area contributed by atoms with Gasteiger partial charge in [0.05, 0.1) is 17.0 Å². The van der Waals surface area contributed by atoms with Crippen LogP contribution in [0.2, 0.25) is 0 Å². The van der Waals surface area contributed by atoms with E-state index in [0.717, 1.165) is 12.1 Å². The van der Waals surface area contributed by atoms with Crippen LogP contribution in [0.5, 0.6) is 0 Å². The predicted molar refractivity (Wildman–Crippen MR) is 94.7 cm³/mol. The number of pyridine rings is 1. The van der Waals surface area contributed by atoms with E-state index < -0.39 is 26.1 Å². The lowest BCUT2D eigenvalue weighted by molar-refractivity contribution is -0.0436. The summed E-state index contributed by atoms with van der Waals surface area (Å²) in [5.41, 5.74) is -5.12. The number of hydrogen-bond donors (Lipinski definition) is 1. The van der Waals surface area contributed by atoms with Gasteiger partial charge in [-0.05, 0) is 36.4 Å². The maximum absolute atomic E-state index is 12.6. The Kier molecular flexibility index (Phi) is 5.52. The first kappa shape index (κ1) is 20.9. The Morgan fingerprint density at radius 1 is 1.13 bits per heavy atom. The monoisotopic (exact) mass is 436 g/mol. The largest absolute Gasteiger partial charge is 0.501 e. The lowest BCUT2D eigenvalue weighted by Gasteiger charge is -2.09. The van der Waals surface area contributed by atoms with Gasteiger partial charge in [-0.2, -0.15) is 28.2 Å². The SMILES string of the molecule is N#Cc1ccc(-n2ncnc2CNC(=O)c2ccc(S(=O)(=O)C(F)(F)F)cc2)nc1. The maximum Gasteiger partial charge on any atom is 0.501 e. The second kappa shape index (κ2) is 7.91. The number of nitrogens with zero attached hydrogens (tertiary/aromatic N) is 5. The van der Waals surface area contributed by atoms with Crippen LogP contribution in [0.3, 0.4) is 0 Å². The molecule has 1 aromatic carbocycles. The molecule has 13 heteroatoms. The van der Waals surface area contributed by atoms with Crippen LogP contribution in [0.15, 0.2) is 53.8 Å². The highest BCUT2D eigenvalue weighted by Gasteiger charge is 2.46. The number of halogens is 3. The average molecular weight is 436 g/mol. The number of hydrogen-bond acceptors (Lipinski definition) is 7. The predicted octanol–water partition coefficient (Wildman–Crippen LogP) is 1.76. The molecular weight excluding hydrogens is 425 g/mol.